The van der Waals surface area contributed by atoms with Crippen LogP contribution in [0.5, 0.6) is 0 Å². The zero-order chi connectivity index (χ0) is 18.8. The summed E-state index contributed by atoms with van der Waals surface area (Å²) in [7, 11) is 0. The molecule has 0 bridgehead atoms. The minimum atomic E-state index is -0.412. The van der Waals surface area contributed by atoms with Gasteiger partial charge >= 0.3 is 0 Å². The van der Waals surface area contributed by atoms with Crippen LogP contribution in [0.2, 0.25) is 0 Å². The third-order valence-corrected chi connectivity index (χ3v) is 5.05. The number of piperidine rings is 1. The number of aromatic nitrogens is 3. The minimum Gasteiger partial charge on any atom is -0.418 e. The van der Waals surface area contributed by atoms with Crippen molar-refractivity contribution < 1.29 is 13.6 Å². The largest absolute Gasteiger partial charge is 0.418 e. The molecule has 3 heterocycles. The molecule has 0 spiro atoms. The second-order valence-corrected chi connectivity index (χ2v) is 6.77. The third kappa shape index (κ3) is 3.37. The summed E-state index contributed by atoms with van der Waals surface area (Å²) in [5.41, 5.74) is 0.269. The summed E-state index contributed by atoms with van der Waals surface area (Å²) in [4.78, 5) is 14.9. The highest BCUT2D eigenvalue weighted by Crippen LogP contribution is 2.33. The van der Waals surface area contributed by atoms with Crippen LogP contribution in [0.4, 0.5) is 4.39 Å². The number of hydrogen-bond acceptors (Lipinski definition) is 4. The number of hydrogen-bond donors (Lipinski definition) is 0. The first-order valence-corrected chi connectivity index (χ1v) is 9.16. The van der Waals surface area contributed by atoms with Gasteiger partial charge in [-0.1, -0.05) is 12.1 Å². The van der Waals surface area contributed by atoms with Gasteiger partial charge in [-0.3, -0.25) is 4.79 Å². The Hall–Kier alpha value is -2.96. The molecular weight excluding hydrogens is 347 g/mol. The lowest BCUT2D eigenvalue weighted by Gasteiger charge is -2.35. The van der Waals surface area contributed by atoms with E-state index in [1.807, 2.05) is 40.9 Å². The Kier molecular flexibility index (Phi) is 4.75. The minimum absolute atomic E-state index is 0.0153. The molecule has 2 atom stereocenters. The van der Waals surface area contributed by atoms with Crippen LogP contribution in [0, 0.1) is 5.82 Å². The van der Waals surface area contributed by atoms with E-state index in [0.29, 0.717) is 12.4 Å². The lowest BCUT2D eigenvalue weighted by atomic mass is 10.0. The number of carbonyl (C=O) groups is 1. The van der Waals surface area contributed by atoms with Crippen molar-refractivity contribution in [1.82, 2.24) is 19.7 Å². The van der Waals surface area contributed by atoms with Crippen LogP contribution >= 0.6 is 0 Å². The van der Waals surface area contributed by atoms with Gasteiger partial charge in [0.1, 0.15) is 17.9 Å². The van der Waals surface area contributed by atoms with Gasteiger partial charge in [-0.2, -0.15) is 0 Å². The maximum absolute atomic E-state index is 14.0. The maximum atomic E-state index is 14.0. The molecule has 140 valence electrons. The summed E-state index contributed by atoms with van der Waals surface area (Å²) < 4.78 is 21.7. The molecular formula is C20H21FN4O2. The van der Waals surface area contributed by atoms with Crippen molar-refractivity contribution in [3.8, 4) is 11.5 Å². The zero-order valence-electron chi connectivity index (χ0n) is 15.1. The second kappa shape index (κ2) is 7.34. The molecule has 2 aromatic heterocycles. The van der Waals surface area contributed by atoms with E-state index < -0.39 is 5.82 Å². The van der Waals surface area contributed by atoms with Crippen LogP contribution in [0.1, 0.15) is 44.2 Å². The standard InChI is InChI=1S/C20H21FN4O2/c1-14(24-11-6-7-12-24)20(26)25-13-5-4-10-17(25)19-23-22-18(27-19)15-8-2-3-9-16(15)21/h2-3,6-9,11-12,14,17H,4-5,10,13H2,1H3/t14-,17+/m1/s1. The lowest BCUT2D eigenvalue weighted by Crippen LogP contribution is -2.41. The number of likely N-dealkylation sites (tertiary alicyclic amines) is 1. The van der Waals surface area contributed by atoms with Gasteiger partial charge in [0.05, 0.1) is 5.56 Å². The Morgan fingerprint density at radius 1 is 1.19 bits per heavy atom. The van der Waals surface area contributed by atoms with E-state index in [1.54, 1.807) is 18.2 Å². The molecule has 1 aliphatic heterocycles. The van der Waals surface area contributed by atoms with Gasteiger partial charge < -0.3 is 13.9 Å². The smallest absolute Gasteiger partial charge is 0.250 e. The van der Waals surface area contributed by atoms with Gasteiger partial charge in [0, 0.05) is 18.9 Å². The fraction of sp³-hybridized carbons (Fsp3) is 0.350. The van der Waals surface area contributed by atoms with Crippen molar-refractivity contribution in [3.63, 3.8) is 0 Å². The predicted molar refractivity (Wildman–Crippen MR) is 97.1 cm³/mol. The SMILES string of the molecule is C[C@H](C(=O)N1CCCC[C@H]1c1nnc(-c2ccccc2F)o1)n1cccc1. The Morgan fingerprint density at radius 2 is 1.96 bits per heavy atom. The van der Waals surface area contributed by atoms with Crippen molar-refractivity contribution in [2.75, 3.05) is 6.54 Å². The molecule has 1 fully saturated rings. The lowest BCUT2D eigenvalue weighted by molar-refractivity contribution is -0.138. The van der Waals surface area contributed by atoms with Crippen molar-refractivity contribution in [3.05, 3.63) is 60.5 Å². The van der Waals surface area contributed by atoms with Gasteiger partial charge in [0.15, 0.2) is 0 Å². The normalized spacial score (nSPS) is 18.4. The average Bonchev–Trinajstić information content (AvgIpc) is 3.39. The van der Waals surface area contributed by atoms with Crippen LogP contribution in [0.3, 0.4) is 0 Å². The highest BCUT2D eigenvalue weighted by molar-refractivity contribution is 5.80. The van der Waals surface area contributed by atoms with Crippen molar-refractivity contribution >= 4 is 5.91 Å². The molecule has 1 saturated heterocycles. The van der Waals surface area contributed by atoms with Crippen LogP contribution in [0.25, 0.3) is 11.5 Å². The number of rotatable bonds is 4. The fourth-order valence-electron chi connectivity index (χ4n) is 3.54. The number of halogens is 1. The molecule has 0 N–H and O–H groups in total. The monoisotopic (exact) mass is 368 g/mol. The van der Waals surface area contributed by atoms with Crippen molar-refractivity contribution in [1.29, 1.82) is 0 Å². The highest BCUT2D eigenvalue weighted by atomic mass is 19.1. The van der Waals surface area contributed by atoms with E-state index in [1.165, 1.54) is 6.07 Å². The number of benzene rings is 1. The number of nitrogens with zero attached hydrogens (tertiary/aromatic N) is 4. The first-order valence-electron chi connectivity index (χ1n) is 9.16. The highest BCUT2D eigenvalue weighted by Gasteiger charge is 2.34. The summed E-state index contributed by atoms with van der Waals surface area (Å²) in [5, 5.41) is 8.14. The van der Waals surface area contributed by atoms with Crippen LogP contribution in [0.15, 0.2) is 53.2 Å². The molecule has 1 aliphatic rings. The van der Waals surface area contributed by atoms with Gasteiger partial charge in [0.2, 0.25) is 11.8 Å². The Labute approximate surface area is 156 Å². The average molecular weight is 368 g/mol. The van der Waals surface area contributed by atoms with E-state index in [4.69, 9.17) is 4.42 Å². The number of amides is 1. The topological polar surface area (TPSA) is 64.2 Å². The van der Waals surface area contributed by atoms with Crippen LogP contribution in [-0.2, 0) is 4.79 Å². The Balaban J connectivity index is 1.60. The molecule has 1 aromatic carbocycles. The van der Waals surface area contributed by atoms with E-state index in [-0.39, 0.29) is 29.4 Å². The molecule has 4 rings (SSSR count). The predicted octanol–water partition coefficient (Wildman–Crippen LogP) is 3.99. The molecule has 0 radical (unpaired) electrons. The quantitative estimate of drug-likeness (QED) is 0.698. The summed E-state index contributed by atoms with van der Waals surface area (Å²) in [6.07, 6.45) is 6.43. The molecule has 27 heavy (non-hydrogen) atoms. The number of carbonyl (C=O) groups excluding carboxylic acids is 1. The molecule has 0 unspecified atom stereocenters. The van der Waals surface area contributed by atoms with Crippen molar-refractivity contribution in [2.24, 2.45) is 0 Å². The van der Waals surface area contributed by atoms with E-state index in [9.17, 15) is 9.18 Å². The third-order valence-electron chi connectivity index (χ3n) is 5.05. The van der Waals surface area contributed by atoms with E-state index in [2.05, 4.69) is 10.2 Å². The molecule has 1 amide bonds. The molecule has 0 saturated carbocycles. The fourth-order valence-corrected chi connectivity index (χ4v) is 3.54. The van der Waals surface area contributed by atoms with Crippen molar-refractivity contribution in [2.45, 2.75) is 38.3 Å². The molecule has 3 aromatic rings. The summed E-state index contributed by atoms with van der Waals surface area (Å²) in [6, 6.07) is 9.50. The summed E-state index contributed by atoms with van der Waals surface area (Å²) in [6.45, 7) is 2.53. The van der Waals surface area contributed by atoms with Gasteiger partial charge in [-0.05, 0) is 50.5 Å². The first-order chi connectivity index (χ1) is 13.1. The Morgan fingerprint density at radius 3 is 2.74 bits per heavy atom. The molecule has 6 nitrogen and oxygen atoms in total. The van der Waals surface area contributed by atoms with Gasteiger partial charge in [-0.25, -0.2) is 4.39 Å². The van der Waals surface area contributed by atoms with Gasteiger partial charge in [-0.15, -0.1) is 10.2 Å². The van der Waals surface area contributed by atoms with E-state index in [0.717, 1.165) is 19.3 Å². The van der Waals surface area contributed by atoms with Crippen LogP contribution in [-0.4, -0.2) is 32.1 Å². The molecule has 0 aliphatic carbocycles. The first kappa shape index (κ1) is 17.5. The molecule has 7 heteroatoms. The zero-order valence-corrected chi connectivity index (χ0v) is 15.1. The van der Waals surface area contributed by atoms with Crippen LogP contribution < -0.4 is 0 Å². The van der Waals surface area contributed by atoms with Gasteiger partial charge in [0.25, 0.3) is 5.89 Å². The Bertz CT molecular complexity index is 922. The second-order valence-electron chi connectivity index (χ2n) is 6.77. The summed E-state index contributed by atoms with van der Waals surface area (Å²) in [5.74, 6) is 0.104. The van der Waals surface area contributed by atoms with E-state index >= 15 is 0 Å². The maximum Gasteiger partial charge on any atom is 0.250 e. The summed E-state index contributed by atoms with van der Waals surface area (Å²) >= 11 is 0.